The van der Waals surface area contributed by atoms with Crippen molar-refractivity contribution in [1.82, 2.24) is 0 Å². The molecule has 4 nitrogen and oxygen atoms in total. The van der Waals surface area contributed by atoms with Gasteiger partial charge in [0.05, 0.1) is 12.1 Å². The topological polar surface area (TPSA) is 58.2 Å². The van der Waals surface area contributed by atoms with Gasteiger partial charge in [-0.15, -0.1) is 11.8 Å². The van der Waals surface area contributed by atoms with E-state index in [-0.39, 0.29) is 18.2 Å². The first-order chi connectivity index (χ1) is 10.2. The number of thioether (sulfide) groups is 1. The Bertz CT molecular complexity index is 774. The number of carbonyl (C=O) groups excluding carboxylic acids is 2. The fraction of sp³-hybridized carbons (Fsp3) is 0.125. The lowest BCUT2D eigenvalue weighted by molar-refractivity contribution is -0.123. The molecular weight excluding hydrogens is 284 g/mol. The molecule has 1 atom stereocenters. The number of carbonyl (C=O) groups is 2. The van der Waals surface area contributed by atoms with E-state index in [4.69, 9.17) is 0 Å². The van der Waals surface area contributed by atoms with Gasteiger partial charge < -0.3 is 10.6 Å². The molecule has 2 aromatic rings. The molecule has 1 spiro atoms. The van der Waals surface area contributed by atoms with Gasteiger partial charge in [-0.25, -0.2) is 0 Å². The van der Waals surface area contributed by atoms with Gasteiger partial charge in [0, 0.05) is 16.1 Å². The number of anilines is 2. The van der Waals surface area contributed by atoms with Crippen molar-refractivity contribution < 1.29 is 9.59 Å². The number of fused-ring (bicyclic) bond motifs is 3. The zero-order valence-electron chi connectivity index (χ0n) is 11.1. The second kappa shape index (κ2) is 4.36. The summed E-state index contributed by atoms with van der Waals surface area (Å²) in [6.07, 6.45) is 0.134. The minimum atomic E-state index is -0.882. The fourth-order valence-electron chi connectivity index (χ4n) is 2.87. The molecule has 2 aliphatic rings. The quantitative estimate of drug-likeness (QED) is 0.786. The lowest BCUT2D eigenvalue weighted by Crippen LogP contribution is -2.33. The number of hydrogen-bond donors (Lipinski definition) is 2. The smallest absolute Gasteiger partial charge is 0.246 e. The van der Waals surface area contributed by atoms with Gasteiger partial charge in [0.25, 0.3) is 0 Å². The Balaban J connectivity index is 1.92. The van der Waals surface area contributed by atoms with Crippen molar-refractivity contribution in [2.45, 2.75) is 16.1 Å². The maximum atomic E-state index is 12.6. The third kappa shape index (κ3) is 1.77. The molecule has 21 heavy (non-hydrogen) atoms. The number of amides is 2. The van der Waals surface area contributed by atoms with Crippen molar-refractivity contribution >= 4 is 35.0 Å². The maximum absolute atomic E-state index is 12.6. The van der Waals surface area contributed by atoms with Crippen LogP contribution in [-0.4, -0.2) is 11.8 Å². The first-order valence-electron chi connectivity index (χ1n) is 6.68. The highest BCUT2D eigenvalue weighted by Gasteiger charge is 2.50. The van der Waals surface area contributed by atoms with E-state index < -0.39 is 4.75 Å². The van der Waals surface area contributed by atoms with Crippen LogP contribution >= 0.6 is 11.8 Å². The summed E-state index contributed by atoms with van der Waals surface area (Å²) in [5.41, 5.74) is 2.44. The predicted octanol–water partition coefficient (Wildman–Crippen LogP) is 2.97. The molecule has 2 aromatic carbocycles. The molecule has 2 amide bonds. The highest BCUT2D eigenvalue weighted by atomic mass is 32.2. The summed E-state index contributed by atoms with van der Waals surface area (Å²) in [5.74, 6) is -0.264. The SMILES string of the molecule is O=C1CC2(Sc3ccccc3N1)C(=O)Nc1ccccc12. The molecular formula is C16H12N2O2S. The minimum absolute atomic E-state index is 0.124. The van der Waals surface area contributed by atoms with E-state index in [9.17, 15) is 9.59 Å². The van der Waals surface area contributed by atoms with E-state index in [1.54, 1.807) is 0 Å². The Hall–Kier alpha value is -2.27. The van der Waals surface area contributed by atoms with E-state index in [2.05, 4.69) is 10.6 Å². The second-order valence-electron chi connectivity index (χ2n) is 5.15. The summed E-state index contributed by atoms with van der Waals surface area (Å²) in [5, 5.41) is 5.78. The number of rotatable bonds is 0. The van der Waals surface area contributed by atoms with Crippen LogP contribution < -0.4 is 10.6 Å². The fourth-order valence-corrected chi connectivity index (χ4v) is 4.26. The average molecular weight is 296 g/mol. The van der Waals surface area contributed by atoms with Crippen LogP contribution in [0.3, 0.4) is 0 Å². The summed E-state index contributed by atoms with van der Waals surface area (Å²) >= 11 is 1.45. The first kappa shape index (κ1) is 12.5. The molecule has 0 bridgehead atoms. The lowest BCUT2D eigenvalue weighted by atomic mass is 9.95. The predicted molar refractivity (Wildman–Crippen MR) is 82.3 cm³/mol. The van der Waals surface area contributed by atoms with Gasteiger partial charge in [0.1, 0.15) is 4.75 Å². The third-order valence-corrected chi connectivity index (χ3v) is 5.31. The van der Waals surface area contributed by atoms with Crippen LogP contribution in [0.25, 0.3) is 0 Å². The van der Waals surface area contributed by atoms with Gasteiger partial charge >= 0.3 is 0 Å². The van der Waals surface area contributed by atoms with E-state index in [0.717, 1.165) is 21.8 Å². The summed E-state index contributed by atoms with van der Waals surface area (Å²) in [6, 6.07) is 15.2. The van der Waals surface area contributed by atoms with Crippen molar-refractivity contribution in [3.63, 3.8) is 0 Å². The highest BCUT2D eigenvalue weighted by Crippen LogP contribution is 2.53. The van der Waals surface area contributed by atoms with E-state index in [0.29, 0.717) is 0 Å². The molecule has 5 heteroatoms. The van der Waals surface area contributed by atoms with Gasteiger partial charge in [-0.2, -0.15) is 0 Å². The number of nitrogens with one attached hydrogen (secondary N) is 2. The molecule has 0 fully saturated rings. The molecule has 4 rings (SSSR count). The van der Waals surface area contributed by atoms with Crippen LogP contribution in [-0.2, 0) is 14.3 Å². The molecule has 1 unspecified atom stereocenters. The van der Waals surface area contributed by atoms with E-state index >= 15 is 0 Å². The minimum Gasteiger partial charge on any atom is -0.325 e. The Morgan fingerprint density at radius 3 is 2.48 bits per heavy atom. The van der Waals surface area contributed by atoms with Crippen LogP contribution in [0.5, 0.6) is 0 Å². The zero-order valence-corrected chi connectivity index (χ0v) is 11.9. The molecule has 0 saturated heterocycles. The van der Waals surface area contributed by atoms with Crippen LogP contribution in [0.15, 0.2) is 53.4 Å². The Morgan fingerprint density at radius 1 is 0.905 bits per heavy atom. The second-order valence-corrected chi connectivity index (χ2v) is 6.49. The average Bonchev–Trinajstić information content (AvgIpc) is 2.65. The van der Waals surface area contributed by atoms with Crippen molar-refractivity contribution in [3.05, 3.63) is 54.1 Å². The Kier molecular flexibility index (Phi) is 2.59. The van der Waals surface area contributed by atoms with Gasteiger partial charge in [0.2, 0.25) is 11.8 Å². The largest absolute Gasteiger partial charge is 0.325 e. The van der Waals surface area contributed by atoms with Gasteiger partial charge in [-0.3, -0.25) is 9.59 Å². The molecule has 2 aliphatic heterocycles. The molecule has 0 aliphatic carbocycles. The lowest BCUT2D eigenvalue weighted by Gasteiger charge is -2.23. The molecule has 2 N–H and O–H groups in total. The van der Waals surface area contributed by atoms with Crippen LogP contribution in [0, 0.1) is 0 Å². The number of benzene rings is 2. The van der Waals surface area contributed by atoms with Crippen LogP contribution in [0.1, 0.15) is 12.0 Å². The molecule has 104 valence electrons. The first-order valence-corrected chi connectivity index (χ1v) is 7.49. The summed E-state index contributed by atoms with van der Waals surface area (Å²) < 4.78 is -0.882. The van der Waals surface area contributed by atoms with E-state index in [1.165, 1.54) is 11.8 Å². The maximum Gasteiger partial charge on any atom is 0.246 e. The van der Waals surface area contributed by atoms with Gasteiger partial charge in [-0.1, -0.05) is 30.3 Å². The number of para-hydroxylation sites is 2. The third-order valence-electron chi connectivity index (χ3n) is 3.83. The summed E-state index contributed by atoms with van der Waals surface area (Å²) in [6.45, 7) is 0. The van der Waals surface area contributed by atoms with Crippen LogP contribution in [0.4, 0.5) is 11.4 Å². The molecule has 0 saturated carbocycles. The Labute approximate surface area is 125 Å². The highest BCUT2D eigenvalue weighted by molar-refractivity contribution is 8.01. The van der Waals surface area contributed by atoms with Gasteiger partial charge in [0.15, 0.2) is 0 Å². The molecule has 0 aromatic heterocycles. The van der Waals surface area contributed by atoms with Crippen molar-refractivity contribution in [3.8, 4) is 0 Å². The van der Waals surface area contributed by atoms with Gasteiger partial charge in [-0.05, 0) is 18.2 Å². The Morgan fingerprint density at radius 2 is 1.62 bits per heavy atom. The van der Waals surface area contributed by atoms with Crippen molar-refractivity contribution in [2.24, 2.45) is 0 Å². The van der Waals surface area contributed by atoms with Crippen LogP contribution in [0.2, 0.25) is 0 Å². The normalized spacial score (nSPS) is 23.0. The van der Waals surface area contributed by atoms with Crippen molar-refractivity contribution in [1.29, 1.82) is 0 Å². The number of hydrogen-bond acceptors (Lipinski definition) is 3. The zero-order chi connectivity index (χ0) is 14.4. The summed E-state index contributed by atoms with van der Waals surface area (Å²) in [7, 11) is 0. The van der Waals surface area contributed by atoms with E-state index in [1.807, 2.05) is 48.5 Å². The summed E-state index contributed by atoms with van der Waals surface area (Å²) in [4.78, 5) is 25.8. The molecule has 0 radical (unpaired) electrons. The standard InChI is InChI=1S/C16H12N2O2S/c19-14-9-16(21-13-8-4-3-7-12(13)17-14)10-5-1-2-6-11(10)18-15(16)20/h1-8H,9H2,(H,17,19)(H,18,20). The van der Waals surface area contributed by atoms with Crippen molar-refractivity contribution in [2.75, 3.05) is 10.6 Å². The molecule has 2 heterocycles. The monoisotopic (exact) mass is 296 g/mol.